The monoisotopic (exact) mass is 263 g/mol. The van der Waals surface area contributed by atoms with Gasteiger partial charge in [-0.2, -0.15) is 0 Å². The lowest BCUT2D eigenvalue weighted by Crippen LogP contribution is -2.42. The predicted molar refractivity (Wildman–Crippen MR) is 66.0 cm³/mol. The van der Waals surface area contributed by atoms with Crippen molar-refractivity contribution >= 4 is 11.9 Å². The molecule has 5 heteroatoms. The number of carbonyl (C=O) groups excluding carboxylic acids is 2. The Morgan fingerprint density at radius 2 is 2.21 bits per heavy atom. The quantitative estimate of drug-likeness (QED) is 0.844. The molecule has 1 saturated heterocycles. The van der Waals surface area contributed by atoms with Crippen molar-refractivity contribution in [2.45, 2.75) is 44.2 Å². The molecule has 2 fully saturated rings. The molecule has 1 spiro atoms. The number of ether oxygens (including phenoxy) is 1. The average Bonchev–Trinajstić information content (AvgIpc) is 3.10. The number of nitrogens with one attached hydrogen (secondary N) is 1. The van der Waals surface area contributed by atoms with E-state index in [1.165, 1.54) is 0 Å². The van der Waals surface area contributed by atoms with Gasteiger partial charge in [0.1, 0.15) is 11.4 Å². The van der Waals surface area contributed by atoms with Crippen LogP contribution >= 0.6 is 0 Å². The molecule has 0 aromatic carbocycles. The summed E-state index contributed by atoms with van der Waals surface area (Å²) in [5.41, 5.74) is -0.537. The van der Waals surface area contributed by atoms with Gasteiger partial charge >= 0.3 is 5.97 Å². The second-order valence-electron chi connectivity index (χ2n) is 5.30. The molecule has 1 unspecified atom stereocenters. The van der Waals surface area contributed by atoms with Gasteiger partial charge in [0.2, 0.25) is 5.91 Å². The standard InChI is InChI=1S/C14H17NO4/c16-12-8-11(14(19-12)5-1-2-6-14)13(17)15-9-10-4-3-7-18-10/h3-4,7,11H,1-2,5-6,8-9H2,(H,15,17). The summed E-state index contributed by atoms with van der Waals surface area (Å²) in [6.45, 7) is 0.354. The molecule has 1 aliphatic heterocycles. The molecule has 5 nitrogen and oxygen atoms in total. The van der Waals surface area contributed by atoms with E-state index in [1.807, 2.05) is 6.07 Å². The zero-order valence-electron chi connectivity index (χ0n) is 10.7. The Morgan fingerprint density at radius 1 is 1.42 bits per heavy atom. The maximum Gasteiger partial charge on any atom is 0.307 e. The minimum atomic E-state index is -0.537. The maximum atomic E-state index is 12.3. The summed E-state index contributed by atoms with van der Waals surface area (Å²) >= 11 is 0. The second kappa shape index (κ2) is 4.72. The molecule has 1 aromatic heterocycles. The summed E-state index contributed by atoms with van der Waals surface area (Å²) in [5.74, 6) is 0.000671. The van der Waals surface area contributed by atoms with Gasteiger partial charge in [-0.15, -0.1) is 0 Å². The van der Waals surface area contributed by atoms with Crippen LogP contribution in [0.2, 0.25) is 0 Å². The van der Waals surface area contributed by atoms with Crippen molar-refractivity contribution in [3.63, 3.8) is 0 Å². The van der Waals surface area contributed by atoms with Crippen LogP contribution in [0.15, 0.2) is 22.8 Å². The molecule has 0 radical (unpaired) electrons. The second-order valence-corrected chi connectivity index (χ2v) is 5.30. The fourth-order valence-electron chi connectivity index (χ4n) is 3.16. The molecule has 19 heavy (non-hydrogen) atoms. The average molecular weight is 263 g/mol. The first-order valence-electron chi connectivity index (χ1n) is 6.72. The molecule has 102 valence electrons. The third kappa shape index (κ3) is 2.25. The SMILES string of the molecule is O=C1CC(C(=O)NCc2ccco2)C2(CCCC2)O1. The van der Waals surface area contributed by atoms with Gasteiger partial charge in [0.05, 0.1) is 25.1 Å². The fourth-order valence-corrected chi connectivity index (χ4v) is 3.16. The third-order valence-corrected chi connectivity index (χ3v) is 4.11. The van der Waals surface area contributed by atoms with Crippen LogP contribution in [0.4, 0.5) is 0 Å². The molecular formula is C14H17NO4. The van der Waals surface area contributed by atoms with Crippen LogP contribution in [0, 0.1) is 5.92 Å². The van der Waals surface area contributed by atoms with Gasteiger partial charge in [-0.05, 0) is 37.8 Å². The molecule has 1 aromatic rings. The van der Waals surface area contributed by atoms with Gasteiger partial charge in [0.25, 0.3) is 0 Å². The molecule has 1 saturated carbocycles. The van der Waals surface area contributed by atoms with E-state index in [0.717, 1.165) is 25.7 Å². The number of rotatable bonds is 3. The first-order valence-corrected chi connectivity index (χ1v) is 6.72. The summed E-state index contributed by atoms with van der Waals surface area (Å²) in [6, 6.07) is 3.59. The summed E-state index contributed by atoms with van der Waals surface area (Å²) in [4.78, 5) is 23.8. The Morgan fingerprint density at radius 3 is 2.89 bits per heavy atom. The first-order chi connectivity index (χ1) is 9.20. The molecule has 1 aliphatic carbocycles. The molecule has 1 amide bonds. The van der Waals surface area contributed by atoms with Crippen molar-refractivity contribution < 1.29 is 18.7 Å². The van der Waals surface area contributed by atoms with Gasteiger partial charge in [0.15, 0.2) is 0 Å². The Hall–Kier alpha value is -1.78. The van der Waals surface area contributed by atoms with Crippen molar-refractivity contribution in [3.05, 3.63) is 24.2 Å². The lowest BCUT2D eigenvalue weighted by Gasteiger charge is -2.27. The first kappa shape index (κ1) is 12.3. The smallest absolute Gasteiger partial charge is 0.307 e. The zero-order valence-corrected chi connectivity index (χ0v) is 10.7. The number of furan rings is 1. The number of hydrogen-bond donors (Lipinski definition) is 1. The van der Waals surface area contributed by atoms with Crippen LogP contribution in [-0.4, -0.2) is 17.5 Å². The van der Waals surface area contributed by atoms with Crippen LogP contribution in [0.5, 0.6) is 0 Å². The molecule has 1 atom stereocenters. The van der Waals surface area contributed by atoms with Crippen LogP contribution in [0.25, 0.3) is 0 Å². The van der Waals surface area contributed by atoms with E-state index in [2.05, 4.69) is 5.32 Å². The highest BCUT2D eigenvalue weighted by atomic mass is 16.6. The van der Waals surface area contributed by atoms with Crippen molar-refractivity contribution in [2.75, 3.05) is 0 Å². The summed E-state index contributed by atoms with van der Waals surface area (Å²) < 4.78 is 10.6. The zero-order chi connectivity index (χ0) is 13.3. The van der Waals surface area contributed by atoms with Crippen LogP contribution in [0.3, 0.4) is 0 Å². The highest BCUT2D eigenvalue weighted by Crippen LogP contribution is 2.45. The molecular weight excluding hydrogens is 246 g/mol. The molecule has 2 heterocycles. The summed E-state index contributed by atoms with van der Waals surface area (Å²) in [6.07, 6.45) is 5.42. The van der Waals surface area contributed by atoms with E-state index < -0.39 is 5.60 Å². The molecule has 2 aliphatic rings. The van der Waals surface area contributed by atoms with E-state index in [4.69, 9.17) is 9.15 Å². The highest BCUT2D eigenvalue weighted by molar-refractivity contribution is 5.87. The van der Waals surface area contributed by atoms with Gasteiger partial charge in [-0.1, -0.05) is 0 Å². The Labute approximate surface area is 111 Å². The van der Waals surface area contributed by atoms with Crippen LogP contribution < -0.4 is 5.32 Å². The summed E-state index contributed by atoms with van der Waals surface area (Å²) in [5, 5.41) is 2.83. The molecule has 1 N–H and O–H groups in total. The van der Waals surface area contributed by atoms with Gasteiger partial charge in [-0.3, -0.25) is 9.59 Å². The van der Waals surface area contributed by atoms with Gasteiger partial charge in [-0.25, -0.2) is 0 Å². The lowest BCUT2D eigenvalue weighted by molar-refractivity contribution is -0.150. The van der Waals surface area contributed by atoms with E-state index in [-0.39, 0.29) is 24.2 Å². The van der Waals surface area contributed by atoms with Gasteiger partial charge < -0.3 is 14.5 Å². The van der Waals surface area contributed by atoms with Crippen molar-refractivity contribution in [2.24, 2.45) is 5.92 Å². The number of esters is 1. The Bertz CT molecular complexity index is 474. The number of carbonyl (C=O) groups is 2. The van der Waals surface area contributed by atoms with E-state index in [9.17, 15) is 9.59 Å². The molecule has 3 rings (SSSR count). The minimum Gasteiger partial charge on any atom is -0.467 e. The normalized spacial score (nSPS) is 24.6. The van der Waals surface area contributed by atoms with Crippen molar-refractivity contribution in [1.82, 2.24) is 5.32 Å². The van der Waals surface area contributed by atoms with Crippen LogP contribution in [0.1, 0.15) is 37.9 Å². The van der Waals surface area contributed by atoms with Crippen molar-refractivity contribution in [1.29, 1.82) is 0 Å². The molecule has 0 bridgehead atoms. The Kier molecular flexibility index (Phi) is 3.05. The lowest BCUT2D eigenvalue weighted by atomic mass is 9.85. The summed E-state index contributed by atoms with van der Waals surface area (Å²) in [7, 11) is 0. The largest absolute Gasteiger partial charge is 0.467 e. The fraction of sp³-hybridized carbons (Fsp3) is 0.571. The van der Waals surface area contributed by atoms with E-state index in [0.29, 0.717) is 12.3 Å². The topological polar surface area (TPSA) is 68.5 Å². The van der Waals surface area contributed by atoms with Crippen molar-refractivity contribution in [3.8, 4) is 0 Å². The highest BCUT2D eigenvalue weighted by Gasteiger charge is 2.53. The van der Waals surface area contributed by atoms with Crippen LogP contribution in [-0.2, 0) is 20.9 Å². The minimum absolute atomic E-state index is 0.107. The predicted octanol–water partition coefficient (Wildman–Crippen LogP) is 1.77. The Balaban J connectivity index is 1.66. The van der Waals surface area contributed by atoms with E-state index in [1.54, 1.807) is 12.3 Å². The number of hydrogen-bond acceptors (Lipinski definition) is 4. The van der Waals surface area contributed by atoms with Gasteiger partial charge in [0, 0.05) is 0 Å². The third-order valence-electron chi connectivity index (χ3n) is 4.11. The maximum absolute atomic E-state index is 12.3. The number of amides is 1. The van der Waals surface area contributed by atoms with E-state index >= 15 is 0 Å².